The van der Waals surface area contributed by atoms with Crippen molar-refractivity contribution in [3.05, 3.63) is 35.1 Å². The molecule has 1 aromatic carbocycles. The first-order valence-electron chi connectivity index (χ1n) is 10.1. The highest BCUT2D eigenvalue weighted by atomic mass is 19.1. The fraction of sp³-hybridized carbons (Fsp3) is 0.600. The minimum absolute atomic E-state index is 0.205. The molecule has 160 valence electrons. The highest BCUT2D eigenvalue weighted by Gasteiger charge is 2.34. The number of aliphatic hydroxyl groups excluding tert-OH is 1. The van der Waals surface area contributed by atoms with Crippen LogP contribution in [0.3, 0.4) is 0 Å². The maximum atomic E-state index is 14.7. The molecule has 0 bridgehead atoms. The van der Waals surface area contributed by atoms with Gasteiger partial charge in [-0.25, -0.2) is 9.93 Å². The van der Waals surface area contributed by atoms with Gasteiger partial charge < -0.3 is 10.2 Å². The largest absolute Gasteiger partial charge is 0.481 e. The molecule has 3 atom stereocenters. The van der Waals surface area contributed by atoms with E-state index in [1.807, 2.05) is 24.8 Å². The molecule has 0 amide bonds. The molecule has 1 saturated heterocycles. The molecule has 2 heterocycles. The smallest absolute Gasteiger partial charge is 0.307 e. The average molecular weight is 407 g/mol. The first-order chi connectivity index (χ1) is 13.8. The number of halogens is 1. The minimum atomic E-state index is -0.884. The lowest BCUT2D eigenvalue weighted by Crippen LogP contribution is -2.42. The molecule has 9 heteroatoms. The Morgan fingerprint density at radius 1 is 1.41 bits per heavy atom. The van der Waals surface area contributed by atoms with E-state index in [9.17, 15) is 19.4 Å². The number of β-amino-alcohol motifs (C(OH)–C–C–N with tert-alkyl or cyclic N) is 1. The van der Waals surface area contributed by atoms with Crippen molar-refractivity contribution in [3.8, 4) is 0 Å². The first-order valence-corrected chi connectivity index (χ1v) is 10.1. The standard InChI is InChI=1S/C20H30FN5O3/c1-12(2)7-17(20(28)29)16(19-22-24-25-23-19)8-13-3-4-14(18(21)9-13)10-26-6-5-15(27)11-26/h3-4,9,12,15-17,24-25,27H,5-8,10-11H2,1-2H3,(H,22,23)(H,28,29)/t15?,16-,17-/m0/s1. The number of amidine groups is 1. The summed E-state index contributed by atoms with van der Waals surface area (Å²) in [6.07, 6.45) is 1.23. The van der Waals surface area contributed by atoms with Gasteiger partial charge in [0.15, 0.2) is 0 Å². The van der Waals surface area contributed by atoms with Gasteiger partial charge in [-0.1, -0.05) is 26.0 Å². The average Bonchev–Trinajstić information content (AvgIpc) is 3.32. The van der Waals surface area contributed by atoms with Gasteiger partial charge in [-0.15, -0.1) is 10.6 Å². The third-order valence-corrected chi connectivity index (χ3v) is 5.52. The van der Waals surface area contributed by atoms with Crippen LogP contribution in [0.1, 0.15) is 37.8 Å². The predicted molar refractivity (Wildman–Crippen MR) is 107 cm³/mol. The summed E-state index contributed by atoms with van der Waals surface area (Å²) in [4.78, 5) is 14.0. The molecule has 0 saturated carbocycles. The van der Waals surface area contributed by atoms with Crippen LogP contribution in [-0.4, -0.2) is 46.1 Å². The number of carbonyl (C=O) groups is 1. The Morgan fingerprint density at radius 3 is 2.76 bits per heavy atom. The molecule has 8 nitrogen and oxygen atoms in total. The minimum Gasteiger partial charge on any atom is -0.481 e. The first kappa shape index (κ1) is 21.5. The summed E-state index contributed by atoms with van der Waals surface area (Å²) in [5.74, 6) is -1.54. The van der Waals surface area contributed by atoms with Gasteiger partial charge >= 0.3 is 5.97 Å². The van der Waals surface area contributed by atoms with E-state index < -0.39 is 17.8 Å². The molecule has 1 unspecified atom stereocenters. The van der Waals surface area contributed by atoms with Gasteiger partial charge in [0, 0.05) is 31.1 Å². The number of rotatable bonds is 9. The third-order valence-electron chi connectivity index (χ3n) is 5.52. The monoisotopic (exact) mass is 407 g/mol. The van der Waals surface area contributed by atoms with E-state index in [-0.39, 0.29) is 17.8 Å². The highest BCUT2D eigenvalue weighted by Crippen LogP contribution is 2.27. The molecule has 3 rings (SSSR count). The van der Waals surface area contributed by atoms with Crippen molar-refractivity contribution in [2.45, 2.75) is 45.8 Å². The third kappa shape index (κ3) is 5.65. The summed E-state index contributed by atoms with van der Waals surface area (Å²) in [5, 5.41) is 23.5. The van der Waals surface area contributed by atoms with Gasteiger partial charge in [0.1, 0.15) is 11.7 Å². The van der Waals surface area contributed by atoms with Gasteiger partial charge in [-0.05, 0) is 36.8 Å². The predicted octanol–water partition coefficient (Wildman–Crippen LogP) is 1.22. The molecule has 0 aromatic heterocycles. The summed E-state index contributed by atoms with van der Waals surface area (Å²) >= 11 is 0. The van der Waals surface area contributed by atoms with E-state index in [1.54, 1.807) is 6.07 Å². The van der Waals surface area contributed by atoms with Crippen LogP contribution in [-0.2, 0) is 17.8 Å². The van der Waals surface area contributed by atoms with Crippen LogP contribution in [0.15, 0.2) is 23.3 Å². The number of likely N-dealkylation sites (tertiary alicyclic amines) is 1. The lowest BCUT2D eigenvalue weighted by Gasteiger charge is -2.25. The molecule has 0 radical (unpaired) electrons. The Morgan fingerprint density at radius 2 is 2.21 bits per heavy atom. The number of hydrazine groups is 2. The summed E-state index contributed by atoms with van der Waals surface area (Å²) in [6.45, 7) is 5.74. The Labute approximate surface area is 170 Å². The van der Waals surface area contributed by atoms with Crippen LogP contribution >= 0.6 is 0 Å². The van der Waals surface area contributed by atoms with Gasteiger partial charge in [0.25, 0.3) is 0 Å². The second-order valence-corrected chi connectivity index (χ2v) is 8.35. The Kier molecular flexibility index (Phi) is 7.05. The van der Waals surface area contributed by atoms with Gasteiger partial charge in [0.2, 0.25) is 0 Å². The van der Waals surface area contributed by atoms with Crippen molar-refractivity contribution >= 4 is 11.8 Å². The number of carboxylic acid groups (broad SMARTS) is 1. The van der Waals surface area contributed by atoms with Crippen molar-refractivity contribution in [2.24, 2.45) is 22.9 Å². The van der Waals surface area contributed by atoms with Crippen molar-refractivity contribution in [2.75, 3.05) is 13.1 Å². The number of nitrogens with one attached hydrogen (secondary N) is 3. The molecule has 1 fully saturated rings. The topological polar surface area (TPSA) is 109 Å². The van der Waals surface area contributed by atoms with Crippen LogP contribution in [0, 0.1) is 23.6 Å². The molecule has 0 spiro atoms. The fourth-order valence-electron chi connectivity index (χ4n) is 4.05. The van der Waals surface area contributed by atoms with E-state index in [4.69, 9.17) is 0 Å². The number of benzene rings is 1. The lowest BCUT2D eigenvalue weighted by molar-refractivity contribution is -0.143. The maximum Gasteiger partial charge on any atom is 0.307 e. The van der Waals surface area contributed by atoms with Crippen LogP contribution in [0.4, 0.5) is 4.39 Å². The number of carboxylic acids is 1. The van der Waals surface area contributed by atoms with Crippen LogP contribution in [0.25, 0.3) is 0 Å². The zero-order valence-corrected chi connectivity index (χ0v) is 16.9. The zero-order chi connectivity index (χ0) is 21.0. The van der Waals surface area contributed by atoms with Crippen molar-refractivity contribution in [1.82, 2.24) is 21.4 Å². The van der Waals surface area contributed by atoms with Crippen molar-refractivity contribution < 1.29 is 19.4 Å². The summed E-state index contributed by atoms with van der Waals surface area (Å²) in [7, 11) is 0. The van der Waals surface area contributed by atoms with E-state index in [2.05, 4.69) is 21.6 Å². The number of hydrogen-bond donors (Lipinski definition) is 5. The molecular formula is C20H30FN5O3. The molecule has 29 heavy (non-hydrogen) atoms. The van der Waals surface area contributed by atoms with Gasteiger partial charge in [-0.3, -0.25) is 15.1 Å². The number of nitrogens with zero attached hydrogens (tertiary/aromatic N) is 2. The summed E-state index contributed by atoms with van der Waals surface area (Å²) in [5.41, 5.74) is 9.41. The molecule has 5 N–H and O–H groups in total. The number of hydrazone groups is 1. The van der Waals surface area contributed by atoms with Gasteiger partial charge in [0.05, 0.1) is 12.0 Å². The summed E-state index contributed by atoms with van der Waals surface area (Å²) < 4.78 is 14.7. The fourth-order valence-corrected chi connectivity index (χ4v) is 4.05. The van der Waals surface area contributed by atoms with Crippen molar-refractivity contribution in [1.29, 1.82) is 0 Å². The van der Waals surface area contributed by atoms with E-state index in [0.29, 0.717) is 43.8 Å². The highest BCUT2D eigenvalue weighted by molar-refractivity contribution is 5.89. The normalized spacial score (nSPS) is 21.6. The number of aliphatic carboxylic acids is 1. The molecule has 1 aromatic rings. The molecule has 2 aliphatic heterocycles. The quantitative estimate of drug-likeness (QED) is 0.419. The number of hydrogen-bond acceptors (Lipinski definition) is 7. The van der Waals surface area contributed by atoms with Crippen LogP contribution in [0.2, 0.25) is 0 Å². The maximum absolute atomic E-state index is 14.7. The van der Waals surface area contributed by atoms with E-state index >= 15 is 0 Å². The van der Waals surface area contributed by atoms with Crippen LogP contribution in [0.5, 0.6) is 0 Å². The molecule has 2 aliphatic rings. The SMILES string of the molecule is CC(C)C[C@H](C(=O)O)[C@H](Cc1ccc(CN2CCC(O)C2)c(F)c1)C1=NNNN1. The Balaban J connectivity index is 1.76. The molecular weight excluding hydrogens is 377 g/mol. The van der Waals surface area contributed by atoms with Crippen LogP contribution < -0.4 is 16.5 Å². The second kappa shape index (κ2) is 9.51. The van der Waals surface area contributed by atoms with Gasteiger partial charge in [-0.2, -0.15) is 0 Å². The van der Waals surface area contributed by atoms with Crippen molar-refractivity contribution in [3.63, 3.8) is 0 Å². The summed E-state index contributed by atoms with van der Waals surface area (Å²) in [6, 6.07) is 5.09. The number of aliphatic hydroxyl groups is 1. The molecule has 0 aliphatic carbocycles. The lowest BCUT2D eigenvalue weighted by atomic mass is 9.81. The Bertz CT molecular complexity index is 758. The van der Waals surface area contributed by atoms with E-state index in [0.717, 1.165) is 12.1 Å². The Hall–Kier alpha value is -2.23. The second-order valence-electron chi connectivity index (χ2n) is 8.35. The zero-order valence-electron chi connectivity index (χ0n) is 16.9. The van der Waals surface area contributed by atoms with E-state index in [1.165, 1.54) is 6.07 Å².